The molecule has 0 radical (unpaired) electrons. The van der Waals surface area contributed by atoms with Gasteiger partial charge in [0.1, 0.15) is 23.4 Å². The molecule has 3 amide bonds. The van der Waals surface area contributed by atoms with Crippen molar-refractivity contribution in [3.05, 3.63) is 29.8 Å². The van der Waals surface area contributed by atoms with E-state index in [4.69, 9.17) is 4.74 Å². The van der Waals surface area contributed by atoms with Gasteiger partial charge in [0.05, 0.1) is 0 Å². The Bertz CT molecular complexity index is 811. The molecule has 0 spiro atoms. The summed E-state index contributed by atoms with van der Waals surface area (Å²) in [6.07, 6.45) is 5.90. The molecule has 0 bridgehead atoms. The lowest BCUT2D eigenvalue weighted by Crippen LogP contribution is -2.54. The number of unbranched alkanes of at least 4 members (excludes halogenated alkanes) is 5. The molecule has 1 rings (SSSR count). The molecule has 0 aromatic heterocycles. The van der Waals surface area contributed by atoms with Crippen molar-refractivity contribution in [1.82, 2.24) is 15.5 Å². The third-order valence-corrected chi connectivity index (χ3v) is 5.92. The number of phenols is 1. The van der Waals surface area contributed by atoms with Gasteiger partial charge in [-0.15, -0.1) is 0 Å². The average Bonchev–Trinajstić information content (AvgIpc) is 2.81. The highest BCUT2D eigenvalue weighted by molar-refractivity contribution is 7.80. The second-order valence-corrected chi connectivity index (χ2v) is 10.3. The molecule has 1 aromatic carbocycles. The van der Waals surface area contributed by atoms with E-state index in [2.05, 4.69) is 30.2 Å². The molecule has 36 heavy (non-hydrogen) atoms. The number of phenolic OH excluding ortho intramolecular Hbond substituents is 1. The topological polar surface area (TPSA) is 108 Å². The number of carbonyl (C=O) groups excluding carboxylic acids is 3. The fourth-order valence-corrected chi connectivity index (χ4v) is 3.95. The smallest absolute Gasteiger partial charge is 0.408 e. The Morgan fingerprint density at radius 3 is 2.17 bits per heavy atom. The van der Waals surface area contributed by atoms with Crippen LogP contribution in [0.5, 0.6) is 5.75 Å². The molecular weight excluding hydrogens is 478 g/mol. The number of hydrogen-bond donors (Lipinski definition) is 4. The van der Waals surface area contributed by atoms with Gasteiger partial charge in [0.15, 0.2) is 0 Å². The summed E-state index contributed by atoms with van der Waals surface area (Å²) in [6, 6.07) is 4.41. The molecule has 0 saturated carbocycles. The summed E-state index contributed by atoms with van der Waals surface area (Å²) in [7, 11) is 0. The number of thiol groups is 1. The van der Waals surface area contributed by atoms with E-state index >= 15 is 0 Å². The predicted octanol–water partition coefficient (Wildman–Crippen LogP) is 4.97. The molecule has 0 fully saturated rings. The number of amides is 3. The van der Waals surface area contributed by atoms with E-state index in [9.17, 15) is 19.5 Å². The zero-order valence-corrected chi connectivity index (χ0v) is 23.4. The van der Waals surface area contributed by atoms with Crippen molar-refractivity contribution in [2.45, 2.75) is 97.2 Å². The second kappa shape index (κ2) is 16.3. The van der Waals surface area contributed by atoms with Crippen LogP contribution >= 0.6 is 12.6 Å². The minimum atomic E-state index is -0.970. The Kier molecular flexibility index (Phi) is 14.4. The van der Waals surface area contributed by atoms with Crippen molar-refractivity contribution in [3.63, 3.8) is 0 Å². The zero-order chi connectivity index (χ0) is 27.1. The lowest BCUT2D eigenvalue weighted by atomic mass is 10.0. The fourth-order valence-electron chi connectivity index (χ4n) is 3.70. The molecule has 1 aromatic rings. The molecule has 2 unspecified atom stereocenters. The molecule has 3 N–H and O–H groups in total. The van der Waals surface area contributed by atoms with Crippen molar-refractivity contribution in [1.29, 1.82) is 0 Å². The number of nitrogens with one attached hydrogen (secondary N) is 2. The first-order valence-corrected chi connectivity index (χ1v) is 13.6. The van der Waals surface area contributed by atoms with Crippen LogP contribution in [0.2, 0.25) is 0 Å². The molecule has 204 valence electrons. The van der Waals surface area contributed by atoms with Crippen LogP contribution < -0.4 is 10.6 Å². The maximum absolute atomic E-state index is 13.8. The van der Waals surface area contributed by atoms with E-state index in [0.717, 1.165) is 38.5 Å². The van der Waals surface area contributed by atoms with Gasteiger partial charge in [0.25, 0.3) is 0 Å². The normalized spacial score (nSPS) is 12.9. The average molecular weight is 524 g/mol. The van der Waals surface area contributed by atoms with E-state index < -0.39 is 29.7 Å². The Balaban J connectivity index is 3.29. The van der Waals surface area contributed by atoms with Gasteiger partial charge in [-0.1, -0.05) is 58.1 Å². The zero-order valence-electron chi connectivity index (χ0n) is 22.5. The monoisotopic (exact) mass is 523 g/mol. The van der Waals surface area contributed by atoms with Gasteiger partial charge in [-0.05, 0) is 51.3 Å². The molecule has 2 atom stereocenters. The maximum Gasteiger partial charge on any atom is 0.408 e. The minimum absolute atomic E-state index is 0.0458. The van der Waals surface area contributed by atoms with Crippen LogP contribution in [-0.4, -0.2) is 58.4 Å². The van der Waals surface area contributed by atoms with Crippen molar-refractivity contribution >= 4 is 30.5 Å². The van der Waals surface area contributed by atoms with Gasteiger partial charge >= 0.3 is 6.09 Å². The number of ether oxygens (including phenoxy) is 1. The third-order valence-electron chi connectivity index (χ3n) is 5.56. The predicted molar refractivity (Wildman–Crippen MR) is 146 cm³/mol. The number of aromatic hydroxyl groups is 1. The number of rotatable bonds is 15. The second-order valence-electron chi connectivity index (χ2n) is 9.97. The number of nitrogens with zero attached hydrogens (tertiary/aromatic N) is 1. The van der Waals surface area contributed by atoms with E-state index in [-0.39, 0.29) is 17.4 Å². The highest BCUT2D eigenvalue weighted by atomic mass is 32.1. The summed E-state index contributed by atoms with van der Waals surface area (Å²) in [5.74, 6) is -0.591. The van der Waals surface area contributed by atoms with Gasteiger partial charge in [0.2, 0.25) is 11.8 Å². The summed E-state index contributed by atoms with van der Waals surface area (Å²) < 4.78 is 5.33. The summed E-state index contributed by atoms with van der Waals surface area (Å²) >= 11 is 4.31. The van der Waals surface area contributed by atoms with Crippen molar-refractivity contribution in [2.75, 3.05) is 18.8 Å². The van der Waals surface area contributed by atoms with Crippen molar-refractivity contribution in [3.8, 4) is 5.75 Å². The van der Waals surface area contributed by atoms with Crippen LogP contribution in [0.25, 0.3) is 0 Å². The molecule has 0 aliphatic carbocycles. The molecule has 0 saturated heterocycles. The van der Waals surface area contributed by atoms with Gasteiger partial charge < -0.3 is 25.4 Å². The Morgan fingerprint density at radius 2 is 1.61 bits per heavy atom. The lowest BCUT2D eigenvalue weighted by molar-refractivity contribution is -0.142. The molecule has 9 heteroatoms. The maximum atomic E-state index is 13.8. The Hall–Kier alpha value is -2.42. The van der Waals surface area contributed by atoms with E-state index in [1.54, 1.807) is 32.9 Å². The number of alkyl carbamates (subject to hydrolysis) is 1. The SMILES string of the molecule is CCCCCCCN(C(=O)C(CS)NC(=O)OC(C)(C)C)C(C(=O)NCCCC)c1ccc(O)cc1. The molecule has 0 heterocycles. The van der Waals surface area contributed by atoms with Crippen LogP contribution in [0.4, 0.5) is 4.79 Å². The first-order chi connectivity index (χ1) is 17.0. The summed E-state index contributed by atoms with van der Waals surface area (Å²) in [6.45, 7) is 10.2. The Labute approximate surface area is 222 Å². The number of benzene rings is 1. The van der Waals surface area contributed by atoms with Crippen LogP contribution in [-0.2, 0) is 14.3 Å². The quantitative estimate of drug-likeness (QED) is 0.192. The lowest BCUT2D eigenvalue weighted by Gasteiger charge is -2.34. The van der Waals surface area contributed by atoms with Gasteiger partial charge in [-0.25, -0.2) is 4.79 Å². The van der Waals surface area contributed by atoms with Crippen molar-refractivity contribution < 1.29 is 24.2 Å². The third kappa shape index (κ3) is 11.5. The summed E-state index contributed by atoms with van der Waals surface area (Å²) in [5, 5.41) is 15.4. The highest BCUT2D eigenvalue weighted by Crippen LogP contribution is 2.25. The fraction of sp³-hybridized carbons (Fsp3) is 0.667. The molecular formula is C27H45N3O5S. The Morgan fingerprint density at radius 1 is 1.00 bits per heavy atom. The summed E-state index contributed by atoms with van der Waals surface area (Å²) in [4.78, 5) is 41.1. The van der Waals surface area contributed by atoms with Gasteiger partial charge in [0, 0.05) is 18.8 Å². The van der Waals surface area contributed by atoms with Gasteiger partial charge in [-0.3, -0.25) is 9.59 Å². The largest absolute Gasteiger partial charge is 0.508 e. The van der Waals surface area contributed by atoms with E-state index in [0.29, 0.717) is 25.1 Å². The minimum Gasteiger partial charge on any atom is -0.508 e. The van der Waals surface area contributed by atoms with Crippen LogP contribution in [0, 0.1) is 0 Å². The van der Waals surface area contributed by atoms with E-state index in [1.807, 2.05) is 6.92 Å². The van der Waals surface area contributed by atoms with E-state index in [1.165, 1.54) is 17.0 Å². The first-order valence-electron chi connectivity index (χ1n) is 13.0. The van der Waals surface area contributed by atoms with Crippen LogP contribution in [0.15, 0.2) is 24.3 Å². The molecule has 0 aliphatic heterocycles. The van der Waals surface area contributed by atoms with Gasteiger partial charge in [-0.2, -0.15) is 12.6 Å². The molecule has 0 aliphatic rings. The number of hydrogen-bond acceptors (Lipinski definition) is 6. The van der Waals surface area contributed by atoms with Crippen molar-refractivity contribution in [2.24, 2.45) is 0 Å². The highest BCUT2D eigenvalue weighted by Gasteiger charge is 2.35. The van der Waals surface area contributed by atoms with Crippen LogP contribution in [0.3, 0.4) is 0 Å². The number of carbonyl (C=O) groups is 3. The summed E-state index contributed by atoms with van der Waals surface area (Å²) in [5.41, 5.74) is -0.139. The standard InChI is InChI=1S/C27H45N3O5S/c1-6-8-10-11-12-18-30(25(33)22(19-36)29-26(34)35-27(3,4)5)23(24(32)28-17-9-7-2)20-13-15-21(31)16-14-20/h13-16,22-23,31,36H,6-12,17-19H2,1-5H3,(H,28,32)(H,29,34). The van der Waals surface area contributed by atoms with Crippen LogP contribution in [0.1, 0.15) is 91.2 Å². The first kappa shape index (κ1) is 31.6. The molecule has 8 nitrogen and oxygen atoms in total.